The first-order valence-corrected chi connectivity index (χ1v) is 7.71. The van der Waals surface area contributed by atoms with Gasteiger partial charge in [0.2, 0.25) is 5.95 Å². The van der Waals surface area contributed by atoms with Crippen LogP contribution in [0.2, 0.25) is 0 Å². The summed E-state index contributed by atoms with van der Waals surface area (Å²) in [6.07, 6.45) is 3.10. The van der Waals surface area contributed by atoms with Crippen molar-refractivity contribution in [3.63, 3.8) is 0 Å². The molecule has 0 bridgehead atoms. The van der Waals surface area contributed by atoms with Crippen LogP contribution in [-0.4, -0.2) is 35.8 Å². The van der Waals surface area contributed by atoms with Gasteiger partial charge in [0.05, 0.1) is 5.52 Å². The van der Waals surface area contributed by atoms with Crippen LogP contribution in [0, 0.1) is 0 Å². The van der Waals surface area contributed by atoms with Gasteiger partial charge in [-0.3, -0.25) is 0 Å². The third-order valence-electron chi connectivity index (χ3n) is 3.70. The monoisotopic (exact) mass is 286 g/mol. The van der Waals surface area contributed by atoms with Crippen LogP contribution in [0.15, 0.2) is 24.3 Å². The van der Waals surface area contributed by atoms with Crippen LogP contribution in [0.4, 0.5) is 11.8 Å². The first-order valence-electron chi connectivity index (χ1n) is 7.71. The zero-order valence-corrected chi connectivity index (χ0v) is 12.4. The summed E-state index contributed by atoms with van der Waals surface area (Å²) in [5.74, 6) is 1.62. The number of aromatic nitrogens is 2. The molecular formula is C16H22N4O. The highest BCUT2D eigenvalue weighted by Gasteiger charge is 2.16. The summed E-state index contributed by atoms with van der Waals surface area (Å²) in [5.41, 5.74) is 0.973. The lowest BCUT2D eigenvalue weighted by molar-refractivity contribution is 0.0904. The minimum absolute atomic E-state index is 0.427. The summed E-state index contributed by atoms with van der Waals surface area (Å²) in [7, 11) is 0. The van der Waals surface area contributed by atoms with Crippen molar-refractivity contribution in [2.24, 2.45) is 0 Å². The molecule has 0 amide bonds. The Kier molecular flexibility index (Phi) is 4.50. The van der Waals surface area contributed by atoms with E-state index in [0.29, 0.717) is 12.0 Å². The van der Waals surface area contributed by atoms with E-state index < -0.39 is 0 Å². The number of nitrogens with zero attached hydrogens (tertiary/aromatic N) is 2. The fraction of sp³-hybridized carbons (Fsp3) is 0.500. The average molecular weight is 286 g/mol. The zero-order valence-electron chi connectivity index (χ0n) is 12.4. The van der Waals surface area contributed by atoms with Crippen molar-refractivity contribution >= 4 is 22.7 Å². The largest absolute Gasteiger partial charge is 0.381 e. The van der Waals surface area contributed by atoms with E-state index in [4.69, 9.17) is 4.74 Å². The molecule has 0 aliphatic carbocycles. The Labute approximate surface area is 125 Å². The molecule has 1 saturated heterocycles. The van der Waals surface area contributed by atoms with Crippen LogP contribution in [0.25, 0.3) is 10.9 Å². The van der Waals surface area contributed by atoms with E-state index in [-0.39, 0.29) is 0 Å². The molecule has 3 rings (SSSR count). The Morgan fingerprint density at radius 1 is 1.19 bits per heavy atom. The fourth-order valence-electron chi connectivity index (χ4n) is 2.54. The third-order valence-corrected chi connectivity index (χ3v) is 3.70. The van der Waals surface area contributed by atoms with E-state index in [1.807, 2.05) is 18.2 Å². The van der Waals surface area contributed by atoms with Gasteiger partial charge < -0.3 is 15.4 Å². The highest BCUT2D eigenvalue weighted by molar-refractivity contribution is 5.90. The summed E-state index contributed by atoms with van der Waals surface area (Å²) in [6.45, 7) is 4.66. The van der Waals surface area contributed by atoms with Gasteiger partial charge in [0.15, 0.2) is 0 Å². The van der Waals surface area contributed by atoms with Gasteiger partial charge >= 0.3 is 0 Å². The molecule has 0 atom stereocenters. The predicted molar refractivity (Wildman–Crippen MR) is 85.8 cm³/mol. The van der Waals surface area contributed by atoms with Crippen LogP contribution >= 0.6 is 0 Å². The van der Waals surface area contributed by atoms with E-state index in [0.717, 1.165) is 55.7 Å². The molecule has 1 fully saturated rings. The number of nitrogens with one attached hydrogen (secondary N) is 2. The second kappa shape index (κ2) is 6.72. The maximum atomic E-state index is 5.42. The number of para-hydroxylation sites is 1. The SMILES string of the molecule is CCCNc1nc(NC2CCOCC2)c2ccccc2n1. The second-order valence-corrected chi connectivity index (χ2v) is 5.37. The van der Waals surface area contributed by atoms with E-state index in [1.165, 1.54) is 0 Å². The Balaban J connectivity index is 1.89. The van der Waals surface area contributed by atoms with Crippen molar-refractivity contribution in [3.8, 4) is 0 Å². The minimum Gasteiger partial charge on any atom is -0.381 e. The first kappa shape index (κ1) is 14.1. The van der Waals surface area contributed by atoms with Gasteiger partial charge in [0.25, 0.3) is 0 Å². The number of hydrogen-bond donors (Lipinski definition) is 2. The topological polar surface area (TPSA) is 59.1 Å². The molecule has 0 spiro atoms. The first-order chi connectivity index (χ1) is 10.4. The van der Waals surface area contributed by atoms with E-state index in [2.05, 4.69) is 33.6 Å². The molecule has 0 saturated carbocycles. The molecule has 1 aliphatic heterocycles. The lowest BCUT2D eigenvalue weighted by atomic mass is 10.1. The molecule has 0 unspecified atom stereocenters. The lowest BCUT2D eigenvalue weighted by Crippen LogP contribution is -2.28. The number of fused-ring (bicyclic) bond motifs is 1. The molecule has 1 aliphatic rings. The van der Waals surface area contributed by atoms with Crippen LogP contribution in [0.1, 0.15) is 26.2 Å². The summed E-state index contributed by atoms with van der Waals surface area (Å²) >= 11 is 0. The molecular weight excluding hydrogens is 264 g/mol. The second-order valence-electron chi connectivity index (χ2n) is 5.37. The zero-order chi connectivity index (χ0) is 14.5. The number of hydrogen-bond acceptors (Lipinski definition) is 5. The fourth-order valence-corrected chi connectivity index (χ4v) is 2.54. The molecule has 112 valence electrons. The van der Waals surface area contributed by atoms with Gasteiger partial charge in [-0.1, -0.05) is 19.1 Å². The number of anilines is 2. The van der Waals surface area contributed by atoms with Gasteiger partial charge in [0.1, 0.15) is 5.82 Å². The van der Waals surface area contributed by atoms with Crippen molar-refractivity contribution in [2.75, 3.05) is 30.4 Å². The van der Waals surface area contributed by atoms with Crippen LogP contribution < -0.4 is 10.6 Å². The van der Waals surface area contributed by atoms with Crippen molar-refractivity contribution in [3.05, 3.63) is 24.3 Å². The third kappa shape index (κ3) is 3.42. The summed E-state index contributed by atoms with van der Waals surface area (Å²) < 4.78 is 5.42. The predicted octanol–water partition coefficient (Wildman–Crippen LogP) is 3.04. The van der Waals surface area contributed by atoms with Crippen LogP contribution in [-0.2, 0) is 4.74 Å². The average Bonchev–Trinajstić information content (AvgIpc) is 2.54. The minimum atomic E-state index is 0.427. The maximum Gasteiger partial charge on any atom is 0.225 e. The normalized spacial score (nSPS) is 16.0. The van der Waals surface area contributed by atoms with Gasteiger partial charge in [0, 0.05) is 31.2 Å². The molecule has 21 heavy (non-hydrogen) atoms. The molecule has 5 heteroatoms. The van der Waals surface area contributed by atoms with E-state index >= 15 is 0 Å². The van der Waals surface area contributed by atoms with Crippen molar-refractivity contribution < 1.29 is 4.74 Å². The van der Waals surface area contributed by atoms with Crippen molar-refractivity contribution in [2.45, 2.75) is 32.2 Å². The molecule has 2 heterocycles. The van der Waals surface area contributed by atoms with Gasteiger partial charge in [-0.05, 0) is 31.4 Å². The standard InChI is InChI=1S/C16H22N4O/c1-2-9-17-16-19-14-6-4-3-5-13(14)15(20-16)18-12-7-10-21-11-8-12/h3-6,12H,2,7-11H2,1H3,(H2,17,18,19,20). The Bertz CT molecular complexity index is 596. The summed E-state index contributed by atoms with van der Waals surface area (Å²) in [5, 5.41) is 7.92. The highest BCUT2D eigenvalue weighted by atomic mass is 16.5. The van der Waals surface area contributed by atoms with Crippen LogP contribution in [0.3, 0.4) is 0 Å². The number of rotatable bonds is 5. The van der Waals surface area contributed by atoms with Crippen LogP contribution in [0.5, 0.6) is 0 Å². The van der Waals surface area contributed by atoms with Crippen molar-refractivity contribution in [1.29, 1.82) is 0 Å². The molecule has 5 nitrogen and oxygen atoms in total. The highest BCUT2D eigenvalue weighted by Crippen LogP contribution is 2.24. The maximum absolute atomic E-state index is 5.42. The molecule has 1 aromatic heterocycles. The Morgan fingerprint density at radius 3 is 2.81 bits per heavy atom. The van der Waals surface area contributed by atoms with Gasteiger partial charge in [-0.15, -0.1) is 0 Å². The number of benzene rings is 1. The Morgan fingerprint density at radius 2 is 2.00 bits per heavy atom. The molecule has 1 aromatic carbocycles. The molecule has 0 radical (unpaired) electrons. The summed E-state index contributed by atoms with van der Waals surface area (Å²) in [6, 6.07) is 8.57. The van der Waals surface area contributed by atoms with E-state index in [9.17, 15) is 0 Å². The smallest absolute Gasteiger partial charge is 0.225 e. The Hall–Kier alpha value is -1.88. The van der Waals surface area contributed by atoms with E-state index in [1.54, 1.807) is 0 Å². The van der Waals surface area contributed by atoms with Gasteiger partial charge in [-0.25, -0.2) is 4.98 Å². The van der Waals surface area contributed by atoms with Crippen molar-refractivity contribution in [1.82, 2.24) is 9.97 Å². The molecule has 2 aromatic rings. The lowest BCUT2D eigenvalue weighted by Gasteiger charge is -2.24. The number of ether oxygens (including phenoxy) is 1. The van der Waals surface area contributed by atoms with Gasteiger partial charge in [-0.2, -0.15) is 4.98 Å². The molecule has 2 N–H and O–H groups in total. The summed E-state index contributed by atoms with van der Waals surface area (Å²) in [4.78, 5) is 9.24. The quantitative estimate of drug-likeness (QED) is 0.884.